The Morgan fingerprint density at radius 1 is 1.12 bits per heavy atom. The lowest BCUT2D eigenvalue weighted by atomic mass is 9.81. The Morgan fingerprint density at radius 3 is 2.48 bits per heavy atom. The number of ether oxygens (including phenoxy) is 2. The summed E-state index contributed by atoms with van der Waals surface area (Å²) in [6.07, 6.45) is 9.09. The summed E-state index contributed by atoms with van der Waals surface area (Å²) in [5.74, 6) is -0.188. The topological polar surface area (TPSA) is 109 Å². The highest BCUT2D eigenvalue weighted by molar-refractivity contribution is 7.85. The van der Waals surface area contributed by atoms with Crippen molar-refractivity contribution in [1.29, 1.82) is 5.41 Å². The van der Waals surface area contributed by atoms with Crippen molar-refractivity contribution in [2.45, 2.75) is 83.6 Å². The molecule has 50 heavy (non-hydrogen) atoms. The first-order chi connectivity index (χ1) is 24.0. The van der Waals surface area contributed by atoms with E-state index in [0.717, 1.165) is 51.9 Å². The van der Waals surface area contributed by atoms with E-state index >= 15 is 0 Å². The highest BCUT2D eigenvalue weighted by Crippen LogP contribution is 2.47. The van der Waals surface area contributed by atoms with Gasteiger partial charge in [-0.3, -0.25) is 14.6 Å². The number of methoxy groups -OCH3 is 2. The molecule has 0 saturated heterocycles. The number of benzene rings is 2. The number of hydrogen-bond acceptors (Lipinski definition) is 7. The van der Waals surface area contributed by atoms with Gasteiger partial charge in [-0.1, -0.05) is 39.2 Å². The van der Waals surface area contributed by atoms with Crippen LogP contribution in [0.2, 0.25) is 0 Å². The molecule has 1 aliphatic heterocycles. The predicted octanol–water partition coefficient (Wildman–Crippen LogP) is 7.24. The van der Waals surface area contributed by atoms with Crippen molar-refractivity contribution in [1.82, 2.24) is 14.2 Å². The van der Waals surface area contributed by atoms with Crippen molar-refractivity contribution in [3.63, 3.8) is 0 Å². The lowest BCUT2D eigenvalue weighted by Gasteiger charge is -2.30. The molecule has 2 aromatic carbocycles. The second kappa shape index (κ2) is 16.3. The fourth-order valence-corrected chi connectivity index (χ4v) is 7.93. The Hall–Kier alpha value is -4.11. The quantitative estimate of drug-likeness (QED) is 0.163. The van der Waals surface area contributed by atoms with Crippen molar-refractivity contribution >= 4 is 51.2 Å². The summed E-state index contributed by atoms with van der Waals surface area (Å²) in [5, 5.41) is 9.74. The molecule has 5 rings (SSSR count). The second-order valence-electron chi connectivity index (χ2n) is 13.8. The van der Waals surface area contributed by atoms with E-state index in [2.05, 4.69) is 27.5 Å². The fourth-order valence-electron chi connectivity index (χ4n) is 7.36. The lowest BCUT2D eigenvalue weighted by molar-refractivity contribution is -0.133. The van der Waals surface area contributed by atoms with Gasteiger partial charge in [0.25, 0.3) is 0 Å². The smallest absolute Gasteiger partial charge is 0.237 e. The first-order valence-electron chi connectivity index (χ1n) is 17.6. The van der Waals surface area contributed by atoms with Crippen molar-refractivity contribution < 1.29 is 19.1 Å². The maximum Gasteiger partial charge on any atom is 0.237 e. The average Bonchev–Trinajstić information content (AvgIpc) is 3.33. The van der Waals surface area contributed by atoms with E-state index in [9.17, 15) is 9.59 Å². The third kappa shape index (κ3) is 7.48. The monoisotopic (exact) mass is 698 g/mol. The minimum absolute atomic E-state index is 0.0849. The molecule has 1 aliphatic carbocycles. The second-order valence-corrected chi connectivity index (χ2v) is 15.7. The number of rotatable bonds is 11. The van der Waals surface area contributed by atoms with Gasteiger partial charge in [-0.15, -0.1) is 5.25 Å². The van der Waals surface area contributed by atoms with Gasteiger partial charge in [-0.25, -0.2) is 0 Å². The molecule has 9 nitrogen and oxygen atoms in total. The van der Waals surface area contributed by atoms with Gasteiger partial charge in [0.1, 0.15) is 11.7 Å². The first kappa shape index (κ1) is 37.2. The molecule has 10 heteroatoms. The van der Waals surface area contributed by atoms with Gasteiger partial charge in [0.2, 0.25) is 11.8 Å². The summed E-state index contributed by atoms with van der Waals surface area (Å²) in [6, 6.07) is 12.1. The molecule has 1 fully saturated rings. The molecular weight excluding hydrogens is 647 g/mol. The van der Waals surface area contributed by atoms with Crippen molar-refractivity contribution in [2.75, 3.05) is 34.4 Å². The van der Waals surface area contributed by atoms with E-state index in [4.69, 9.17) is 25.6 Å². The van der Waals surface area contributed by atoms with E-state index in [1.165, 1.54) is 31.0 Å². The fraction of sp³-hybridized carbons (Fsp3) is 0.475. The lowest BCUT2D eigenvalue weighted by Crippen LogP contribution is -2.46. The van der Waals surface area contributed by atoms with Crippen LogP contribution in [-0.4, -0.2) is 78.9 Å². The van der Waals surface area contributed by atoms with Crippen LogP contribution in [0.1, 0.15) is 87.2 Å². The number of amides is 2. The van der Waals surface area contributed by atoms with Gasteiger partial charge in [0.15, 0.2) is 0 Å². The molecule has 268 valence electrons. The molecular formula is C40H52N5O4S-. The van der Waals surface area contributed by atoms with Crippen LogP contribution in [-0.2, 0) is 26.6 Å². The minimum Gasteiger partial charge on any atom is -0.497 e. The summed E-state index contributed by atoms with van der Waals surface area (Å²) in [7, 11) is 4.21. The highest BCUT2D eigenvalue weighted by Gasteiger charge is 2.34. The van der Waals surface area contributed by atoms with E-state index in [1.807, 2.05) is 52.0 Å². The number of allylic oxidation sites excluding steroid dienone is 1. The molecule has 1 saturated carbocycles. The molecule has 0 bridgehead atoms. The maximum absolute atomic E-state index is 14.2. The first-order valence-corrected chi connectivity index (χ1v) is 19.0. The summed E-state index contributed by atoms with van der Waals surface area (Å²) in [4.78, 5) is 34.1. The number of nitrogens with zero attached hydrogens (tertiary/aromatic N) is 3. The van der Waals surface area contributed by atoms with Crippen molar-refractivity contribution in [3.05, 3.63) is 58.7 Å². The number of nitrogens with one attached hydrogen (secondary N) is 2. The van der Waals surface area contributed by atoms with Crippen LogP contribution in [0, 0.1) is 17.0 Å². The molecule has 2 aliphatic rings. The number of aliphatic imine (C=N–C) groups is 1. The summed E-state index contributed by atoms with van der Waals surface area (Å²) >= 11 is 0. The molecule has 0 spiro atoms. The van der Waals surface area contributed by atoms with Crippen LogP contribution in [0.5, 0.6) is 5.75 Å². The van der Waals surface area contributed by atoms with Gasteiger partial charge in [0, 0.05) is 55.0 Å². The van der Waals surface area contributed by atoms with Gasteiger partial charge >= 0.3 is 0 Å². The summed E-state index contributed by atoms with van der Waals surface area (Å²) in [6.45, 7) is 9.13. The van der Waals surface area contributed by atoms with Gasteiger partial charge in [-0.2, -0.15) is 0 Å². The number of hydrogen-bond donors (Lipinski definition) is 2. The highest BCUT2D eigenvalue weighted by atomic mass is 32.2. The third-order valence-electron chi connectivity index (χ3n) is 10.0. The van der Waals surface area contributed by atoms with E-state index in [0.29, 0.717) is 36.9 Å². The standard InChI is InChI=1S/C40H52N5O4S/c1-25(2)44(18-19-48-6)40(47)34(23-41)37(42-5)30-20-29-21-31(49-7)15-17-32(29)38-36(27-12-10-9-11-13-27)33-16-14-28(22-35(33)45(38)24-30)39(46)43-50(8)26(3)4/h8,14-17,20-23,25-27,34,41H,9-13,18-19,24H2,1-7H3,(H,43,46)/q-1. The molecule has 2 N–H and O–H groups in total. The Balaban J connectivity index is 1.74. The van der Waals surface area contributed by atoms with Crippen molar-refractivity contribution in [3.8, 4) is 22.7 Å². The Bertz CT molecular complexity index is 1890. The van der Waals surface area contributed by atoms with E-state index < -0.39 is 16.4 Å². The number of aromatic nitrogens is 1. The zero-order valence-corrected chi connectivity index (χ0v) is 31.4. The third-order valence-corrected chi connectivity index (χ3v) is 11.4. The maximum atomic E-state index is 14.2. The SMILES string of the molecule is C#[S-](NC(=O)c1ccc2c(C3CCCCC3)c3n(c2c1)CC(C(=NC)C(C=N)C(=O)N(CCOC)C(C)C)=Cc1cc(OC)ccc1-3)C(C)C. The van der Waals surface area contributed by atoms with E-state index in [-0.39, 0.29) is 23.1 Å². The predicted molar refractivity (Wildman–Crippen MR) is 207 cm³/mol. The molecule has 2 heterocycles. The van der Waals surface area contributed by atoms with Gasteiger partial charge < -0.3 is 45.2 Å². The summed E-state index contributed by atoms with van der Waals surface area (Å²) in [5.41, 5.74) is 13.6. The summed E-state index contributed by atoms with van der Waals surface area (Å²) < 4.78 is 16.3. The zero-order valence-electron chi connectivity index (χ0n) is 30.5. The average molecular weight is 699 g/mol. The van der Waals surface area contributed by atoms with Crippen LogP contribution < -0.4 is 9.46 Å². The van der Waals surface area contributed by atoms with Gasteiger partial charge in [-0.05, 0) is 85.7 Å². The molecule has 1 aromatic heterocycles. The Morgan fingerprint density at radius 2 is 1.86 bits per heavy atom. The number of fused-ring (bicyclic) bond motifs is 5. The molecule has 2 amide bonds. The van der Waals surface area contributed by atoms with Crippen LogP contribution in [0.4, 0.5) is 0 Å². The minimum atomic E-state index is -0.888. The van der Waals surface area contributed by atoms with Crippen LogP contribution in [0.3, 0.4) is 0 Å². The van der Waals surface area contributed by atoms with E-state index in [1.54, 1.807) is 26.2 Å². The number of carbonyl (C=O) groups excluding carboxylic acids is 2. The normalized spacial score (nSPS) is 15.8. The zero-order chi connectivity index (χ0) is 36.1. The van der Waals surface area contributed by atoms with Crippen LogP contribution in [0.15, 0.2) is 47.0 Å². The Labute approximate surface area is 299 Å². The Kier molecular flexibility index (Phi) is 12.1. The molecule has 3 aromatic rings. The van der Waals surface area contributed by atoms with Crippen LogP contribution in [0.25, 0.3) is 28.2 Å². The molecule has 1 unspecified atom stereocenters. The van der Waals surface area contributed by atoms with Crippen LogP contribution >= 0.6 is 0 Å². The molecule has 1 atom stereocenters. The molecule has 0 radical (unpaired) electrons. The largest absolute Gasteiger partial charge is 0.497 e. The number of carbonyl (C=O) groups is 2. The van der Waals surface area contributed by atoms with Crippen molar-refractivity contribution in [2.24, 2.45) is 10.9 Å². The van der Waals surface area contributed by atoms with Gasteiger partial charge in [0.05, 0.1) is 31.7 Å².